The molecule has 0 aromatic carbocycles. The zero-order valence-corrected chi connectivity index (χ0v) is 9.86. The van der Waals surface area contributed by atoms with Crippen LogP contribution in [0.15, 0.2) is 4.52 Å². The number of nitrogens with zero attached hydrogens (tertiary/aromatic N) is 2. The quantitative estimate of drug-likeness (QED) is 0.830. The van der Waals surface area contributed by atoms with Crippen LogP contribution in [-0.4, -0.2) is 21.8 Å². The van der Waals surface area contributed by atoms with Crippen LogP contribution in [0.5, 0.6) is 0 Å². The second-order valence-electron chi connectivity index (χ2n) is 5.26. The lowest BCUT2D eigenvalue weighted by Crippen LogP contribution is -2.09. The largest absolute Gasteiger partial charge is 0.339 e. The monoisotopic (exact) mass is 256 g/mol. The van der Waals surface area contributed by atoms with E-state index in [0.717, 1.165) is 12.8 Å². The van der Waals surface area contributed by atoms with Gasteiger partial charge in [0.2, 0.25) is 11.8 Å². The van der Waals surface area contributed by atoms with Gasteiger partial charge in [0, 0.05) is 24.7 Å². The number of aromatic nitrogens is 2. The molecule has 0 N–H and O–H groups in total. The minimum absolute atomic E-state index is 0.113. The van der Waals surface area contributed by atoms with E-state index in [1.165, 1.54) is 0 Å². The maximum atomic E-state index is 13.1. The topological polar surface area (TPSA) is 56.0 Å². The number of alkyl halides is 2. The molecule has 2 fully saturated rings. The molecule has 2 saturated carbocycles. The van der Waals surface area contributed by atoms with Gasteiger partial charge < -0.3 is 4.52 Å². The van der Waals surface area contributed by atoms with Crippen LogP contribution in [0.3, 0.4) is 0 Å². The Bertz CT molecular complexity index is 468. The van der Waals surface area contributed by atoms with Crippen LogP contribution in [0.4, 0.5) is 8.78 Å². The van der Waals surface area contributed by atoms with Crippen molar-refractivity contribution in [2.75, 3.05) is 0 Å². The van der Waals surface area contributed by atoms with Crippen molar-refractivity contribution >= 4 is 5.78 Å². The minimum Gasteiger partial charge on any atom is -0.339 e. The van der Waals surface area contributed by atoms with Gasteiger partial charge >= 0.3 is 0 Å². The zero-order chi connectivity index (χ0) is 12.8. The van der Waals surface area contributed by atoms with Crippen molar-refractivity contribution in [3.05, 3.63) is 11.7 Å². The average molecular weight is 256 g/mol. The van der Waals surface area contributed by atoms with Crippen molar-refractivity contribution in [2.24, 2.45) is 5.92 Å². The molecule has 1 unspecified atom stereocenters. The first-order chi connectivity index (χ1) is 8.53. The molecule has 98 valence electrons. The standard InChI is InChI=1S/C12H14F2N2O2/c13-12(14)4-3-8(6-12)11-15-10(18-16-11)5-9(17)7-1-2-7/h7-8H,1-6H2. The maximum Gasteiger partial charge on any atom is 0.248 e. The highest BCUT2D eigenvalue weighted by molar-refractivity contribution is 5.84. The summed E-state index contributed by atoms with van der Waals surface area (Å²) in [7, 11) is 0. The van der Waals surface area contributed by atoms with E-state index in [1.54, 1.807) is 0 Å². The summed E-state index contributed by atoms with van der Waals surface area (Å²) < 4.78 is 31.1. The number of carbonyl (C=O) groups excluding carboxylic acids is 1. The molecule has 0 bridgehead atoms. The van der Waals surface area contributed by atoms with Crippen molar-refractivity contribution in [1.29, 1.82) is 0 Å². The fourth-order valence-corrected chi connectivity index (χ4v) is 2.37. The van der Waals surface area contributed by atoms with Gasteiger partial charge in [0.05, 0.1) is 6.42 Å². The van der Waals surface area contributed by atoms with Crippen LogP contribution in [0, 0.1) is 5.92 Å². The summed E-state index contributed by atoms with van der Waals surface area (Å²) in [5.74, 6) is -2.11. The van der Waals surface area contributed by atoms with Gasteiger partial charge in [0.15, 0.2) is 5.82 Å². The van der Waals surface area contributed by atoms with E-state index in [1.807, 2.05) is 0 Å². The first-order valence-electron chi connectivity index (χ1n) is 6.26. The second-order valence-corrected chi connectivity index (χ2v) is 5.26. The third-order valence-corrected chi connectivity index (χ3v) is 3.61. The number of hydrogen-bond donors (Lipinski definition) is 0. The SMILES string of the molecule is O=C(Cc1nc(C2CCC(F)(F)C2)no1)C1CC1. The van der Waals surface area contributed by atoms with Crippen molar-refractivity contribution in [3.63, 3.8) is 0 Å². The minimum atomic E-state index is -2.62. The smallest absolute Gasteiger partial charge is 0.248 e. The molecular formula is C12H14F2N2O2. The lowest BCUT2D eigenvalue weighted by atomic mass is 10.1. The molecule has 1 aromatic heterocycles. The Hall–Kier alpha value is -1.33. The number of carbonyl (C=O) groups is 1. The predicted octanol–water partition coefficient (Wildman–Crippen LogP) is 2.49. The Kier molecular flexibility index (Phi) is 2.68. The summed E-state index contributed by atoms with van der Waals surface area (Å²) in [4.78, 5) is 15.6. The molecule has 4 nitrogen and oxygen atoms in total. The highest BCUT2D eigenvalue weighted by atomic mass is 19.3. The lowest BCUT2D eigenvalue weighted by molar-refractivity contribution is -0.119. The molecule has 1 aromatic rings. The molecule has 0 radical (unpaired) electrons. The van der Waals surface area contributed by atoms with E-state index in [-0.39, 0.29) is 42.8 Å². The third-order valence-electron chi connectivity index (χ3n) is 3.61. The van der Waals surface area contributed by atoms with Gasteiger partial charge in [-0.25, -0.2) is 8.78 Å². The summed E-state index contributed by atoms with van der Waals surface area (Å²) in [6, 6.07) is 0. The summed E-state index contributed by atoms with van der Waals surface area (Å²) in [6.45, 7) is 0. The Morgan fingerprint density at radius 3 is 2.78 bits per heavy atom. The van der Waals surface area contributed by atoms with Crippen molar-refractivity contribution in [2.45, 2.75) is 50.4 Å². The summed E-state index contributed by atoms with van der Waals surface area (Å²) >= 11 is 0. The van der Waals surface area contributed by atoms with E-state index in [0.29, 0.717) is 12.2 Å². The van der Waals surface area contributed by atoms with Gasteiger partial charge in [-0.2, -0.15) is 4.98 Å². The Balaban J connectivity index is 1.64. The normalized spacial score (nSPS) is 26.4. The van der Waals surface area contributed by atoms with Crippen molar-refractivity contribution in [1.82, 2.24) is 10.1 Å². The number of halogens is 2. The first kappa shape index (κ1) is 11.7. The van der Waals surface area contributed by atoms with E-state index in [9.17, 15) is 13.6 Å². The number of ketones is 1. The van der Waals surface area contributed by atoms with Crippen LogP contribution in [0.25, 0.3) is 0 Å². The molecular weight excluding hydrogens is 242 g/mol. The van der Waals surface area contributed by atoms with Crippen LogP contribution >= 0.6 is 0 Å². The van der Waals surface area contributed by atoms with E-state index in [4.69, 9.17) is 4.52 Å². The zero-order valence-electron chi connectivity index (χ0n) is 9.86. The number of Topliss-reactive ketones (excluding diaryl/α,β-unsaturated/α-hetero) is 1. The van der Waals surface area contributed by atoms with Crippen LogP contribution in [-0.2, 0) is 11.2 Å². The third kappa shape index (κ3) is 2.42. The molecule has 2 aliphatic carbocycles. The molecule has 18 heavy (non-hydrogen) atoms. The fraction of sp³-hybridized carbons (Fsp3) is 0.750. The van der Waals surface area contributed by atoms with E-state index in [2.05, 4.69) is 10.1 Å². The van der Waals surface area contributed by atoms with Gasteiger partial charge in [-0.15, -0.1) is 0 Å². The highest BCUT2D eigenvalue weighted by Gasteiger charge is 2.42. The second kappa shape index (κ2) is 4.10. The number of hydrogen-bond acceptors (Lipinski definition) is 4. The summed E-state index contributed by atoms with van der Waals surface area (Å²) in [6.07, 6.45) is 2.05. The molecule has 1 atom stereocenters. The Morgan fingerprint density at radius 2 is 2.17 bits per heavy atom. The van der Waals surface area contributed by atoms with E-state index >= 15 is 0 Å². The van der Waals surface area contributed by atoms with Crippen molar-refractivity contribution < 1.29 is 18.1 Å². The molecule has 0 saturated heterocycles. The van der Waals surface area contributed by atoms with Gasteiger partial charge in [-0.1, -0.05) is 5.16 Å². The van der Waals surface area contributed by atoms with Crippen molar-refractivity contribution in [3.8, 4) is 0 Å². The van der Waals surface area contributed by atoms with E-state index < -0.39 is 5.92 Å². The molecule has 3 rings (SSSR count). The van der Waals surface area contributed by atoms with Gasteiger partial charge in [-0.05, 0) is 19.3 Å². The average Bonchev–Trinajstić information content (AvgIpc) is 2.96. The summed E-state index contributed by atoms with van der Waals surface area (Å²) in [5, 5.41) is 3.72. The summed E-state index contributed by atoms with van der Waals surface area (Å²) in [5.41, 5.74) is 0. The highest BCUT2D eigenvalue weighted by Crippen LogP contribution is 2.43. The predicted molar refractivity (Wildman–Crippen MR) is 57.3 cm³/mol. The maximum absolute atomic E-state index is 13.1. The molecule has 0 spiro atoms. The molecule has 2 aliphatic rings. The van der Waals surface area contributed by atoms with Gasteiger partial charge in [0.1, 0.15) is 5.78 Å². The van der Waals surface area contributed by atoms with Gasteiger partial charge in [-0.3, -0.25) is 4.79 Å². The fourth-order valence-electron chi connectivity index (χ4n) is 2.37. The molecule has 0 amide bonds. The van der Waals surface area contributed by atoms with Crippen LogP contribution in [0.1, 0.15) is 49.7 Å². The molecule has 0 aliphatic heterocycles. The Labute approximate surface area is 103 Å². The van der Waals surface area contributed by atoms with Gasteiger partial charge in [0.25, 0.3) is 0 Å². The first-order valence-corrected chi connectivity index (χ1v) is 6.26. The molecule has 1 heterocycles. The van der Waals surface area contributed by atoms with Crippen LogP contribution < -0.4 is 0 Å². The Morgan fingerprint density at radius 1 is 1.39 bits per heavy atom. The number of rotatable bonds is 4. The van der Waals surface area contributed by atoms with Crippen LogP contribution in [0.2, 0.25) is 0 Å². The lowest BCUT2D eigenvalue weighted by Gasteiger charge is -2.06. The molecule has 6 heteroatoms.